The quantitative estimate of drug-likeness (QED) is 0.390. The Labute approximate surface area is 189 Å². The fourth-order valence-electron chi connectivity index (χ4n) is 3.32. The van der Waals surface area contributed by atoms with Gasteiger partial charge >= 0.3 is 5.97 Å². The fourth-order valence-corrected chi connectivity index (χ4v) is 6.08. The highest BCUT2D eigenvalue weighted by atomic mass is 32.2. The normalized spacial score (nSPS) is 12.3. The van der Waals surface area contributed by atoms with Gasteiger partial charge in [-0.25, -0.2) is 8.42 Å². The van der Waals surface area contributed by atoms with Crippen molar-refractivity contribution >= 4 is 38.0 Å². The molecule has 1 unspecified atom stereocenters. The SMILES string of the molecule is Cc1ccc(C#Cc2ccc(S(=O)(=O)c3[nH]c4ccccc4c3CC(N)C(=O)O)s2)cc1. The Morgan fingerprint density at radius 1 is 1.09 bits per heavy atom. The Balaban J connectivity index is 1.73. The second-order valence-corrected chi connectivity index (χ2v) is 10.6. The van der Waals surface area contributed by atoms with Crippen LogP contribution in [0.3, 0.4) is 0 Å². The molecule has 0 saturated carbocycles. The van der Waals surface area contributed by atoms with Crippen molar-refractivity contribution in [1.29, 1.82) is 0 Å². The van der Waals surface area contributed by atoms with Crippen LogP contribution in [-0.2, 0) is 21.1 Å². The average molecular weight is 465 g/mol. The van der Waals surface area contributed by atoms with Gasteiger partial charge in [0.25, 0.3) is 0 Å². The number of nitrogens with two attached hydrogens (primary N) is 1. The highest BCUT2D eigenvalue weighted by molar-refractivity contribution is 7.93. The molecule has 0 fully saturated rings. The van der Waals surface area contributed by atoms with Gasteiger partial charge in [0.2, 0.25) is 9.84 Å². The molecule has 2 aromatic carbocycles. The molecule has 0 amide bonds. The van der Waals surface area contributed by atoms with Gasteiger partial charge in [0.15, 0.2) is 0 Å². The van der Waals surface area contributed by atoms with E-state index in [4.69, 9.17) is 5.73 Å². The molecule has 4 aromatic rings. The third-order valence-electron chi connectivity index (χ3n) is 5.01. The van der Waals surface area contributed by atoms with Crippen LogP contribution in [0.2, 0.25) is 0 Å². The molecule has 1 atom stereocenters. The second-order valence-electron chi connectivity index (χ2n) is 7.37. The van der Waals surface area contributed by atoms with E-state index < -0.39 is 21.8 Å². The van der Waals surface area contributed by atoms with Crippen molar-refractivity contribution in [2.75, 3.05) is 0 Å². The van der Waals surface area contributed by atoms with Gasteiger partial charge in [-0.2, -0.15) is 0 Å². The van der Waals surface area contributed by atoms with Crippen LogP contribution in [0.1, 0.15) is 21.6 Å². The third-order valence-corrected chi connectivity index (χ3v) is 8.27. The highest BCUT2D eigenvalue weighted by Gasteiger charge is 2.28. The van der Waals surface area contributed by atoms with Crippen LogP contribution in [0.4, 0.5) is 0 Å². The van der Waals surface area contributed by atoms with Crippen LogP contribution in [0.25, 0.3) is 10.9 Å². The number of benzene rings is 2. The predicted octanol–water partition coefficient (Wildman–Crippen LogP) is 3.72. The van der Waals surface area contributed by atoms with Crippen molar-refractivity contribution in [3.63, 3.8) is 0 Å². The summed E-state index contributed by atoms with van der Waals surface area (Å²) in [5.74, 6) is 4.86. The lowest BCUT2D eigenvalue weighted by molar-refractivity contribution is -0.138. The van der Waals surface area contributed by atoms with E-state index in [1.54, 1.807) is 30.3 Å². The van der Waals surface area contributed by atoms with E-state index >= 15 is 0 Å². The number of carboxylic acid groups (broad SMARTS) is 1. The van der Waals surface area contributed by atoms with Crippen molar-refractivity contribution in [2.24, 2.45) is 5.73 Å². The smallest absolute Gasteiger partial charge is 0.320 e. The van der Waals surface area contributed by atoms with E-state index in [1.165, 1.54) is 6.07 Å². The predicted molar refractivity (Wildman–Crippen MR) is 125 cm³/mol. The van der Waals surface area contributed by atoms with Crippen molar-refractivity contribution in [3.8, 4) is 11.8 Å². The zero-order valence-corrected chi connectivity index (χ0v) is 18.8. The number of para-hydroxylation sites is 1. The van der Waals surface area contributed by atoms with Gasteiger partial charge in [0.1, 0.15) is 15.3 Å². The molecule has 8 heteroatoms. The number of aromatic amines is 1. The summed E-state index contributed by atoms with van der Waals surface area (Å²) in [6, 6.07) is 16.8. The molecule has 0 radical (unpaired) electrons. The zero-order chi connectivity index (χ0) is 22.9. The summed E-state index contributed by atoms with van der Waals surface area (Å²) in [5, 5.41) is 9.84. The molecule has 0 aliphatic rings. The monoisotopic (exact) mass is 464 g/mol. The molecule has 0 aliphatic carbocycles. The topological polar surface area (TPSA) is 113 Å². The number of hydrogen-bond acceptors (Lipinski definition) is 5. The molecule has 0 aliphatic heterocycles. The fraction of sp³-hybridized carbons (Fsp3) is 0.125. The van der Waals surface area contributed by atoms with Gasteiger partial charge in [-0.15, -0.1) is 11.3 Å². The number of aryl methyl sites for hydroxylation is 1. The number of sulfone groups is 1. The lowest BCUT2D eigenvalue weighted by Gasteiger charge is -2.08. The first kappa shape index (κ1) is 21.8. The van der Waals surface area contributed by atoms with Gasteiger partial charge in [-0.05, 0) is 42.8 Å². The minimum absolute atomic E-state index is 0.0321. The molecular weight excluding hydrogens is 444 g/mol. The zero-order valence-electron chi connectivity index (χ0n) is 17.1. The number of fused-ring (bicyclic) bond motifs is 1. The van der Waals surface area contributed by atoms with E-state index in [1.807, 2.05) is 31.2 Å². The maximum Gasteiger partial charge on any atom is 0.320 e. The third kappa shape index (κ3) is 4.32. The molecule has 32 heavy (non-hydrogen) atoms. The van der Waals surface area contributed by atoms with Gasteiger partial charge in [0.05, 0.1) is 4.88 Å². The molecule has 4 N–H and O–H groups in total. The lowest BCUT2D eigenvalue weighted by Crippen LogP contribution is -2.32. The van der Waals surface area contributed by atoms with Gasteiger partial charge < -0.3 is 15.8 Å². The number of carbonyl (C=O) groups is 1. The van der Waals surface area contributed by atoms with Crippen molar-refractivity contribution in [2.45, 2.75) is 28.6 Å². The van der Waals surface area contributed by atoms with E-state index in [0.29, 0.717) is 21.3 Å². The van der Waals surface area contributed by atoms with Crippen LogP contribution in [0, 0.1) is 18.8 Å². The standard InChI is InChI=1S/C24H20N2O4S2/c1-15-6-8-16(9-7-15)10-11-17-12-13-22(31-17)32(29,30)23-19(14-20(25)24(27)28)18-4-2-3-5-21(18)26-23/h2-9,12-13,20,26H,14,25H2,1H3,(H,27,28). The van der Waals surface area contributed by atoms with E-state index in [0.717, 1.165) is 22.5 Å². The summed E-state index contributed by atoms with van der Waals surface area (Å²) in [7, 11) is -3.92. The number of H-pyrrole nitrogens is 1. The number of nitrogens with one attached hydrogen (secondary N) is 1. The second kappa shape index (κ2) is 8.63. The van der Waals surface area contributed by atoms with Crippen molar-refractivity contribution in [3.05, 3.63) is 82.2 Å². The Bertz CT molecular complexity index is 1470. The Hall–Kier alpha value is -3.38. The molecule has 2 aromatic heterocycles. The first-order chi connectivity index (χ1) is 15.3. The van der Waals surface area contributed by atoms with Gasteiger partial charge in [-0.3, -0.25) is 4.79 Å². The summed E-state index contributed by atoms with van der Waals surface area (Å²) in [5.41, 5.74) is 8.69. The highest BCUT2D eigenvalue weighted by Crippen LogP contribution is 2.33. The maximum atomic E-state index is 13.4. The molecule has 0 spiro atoms. The maximum absolute atomic E-state index is 13.4. The molecular formula is C24H20N2O4S2. The average Bonchev–Trinajstić information content (AvgIpc) is 3.39. The summed E-state index contributed by atoms with van der Waals surface area (Å²) in [6.45, 7) is 2.00. The minimum Gasteiger partial charge on any atom is -0.480 e. The first-order valence-corrected chi connectivity index (χ1v) is 12.1. The molecule has 4 rings (SSSR count). The number of carboxylic acids is 1. The van der Waals surface area contributed by atoms with Crippen LogP contribution < -0.4 is 5.73 Å². The molecule has 0 bridgehead atoms. The van der Waals surface area contributed by atoms with E-state index in [9.17, 15) is 18.3 Å². The first-order valence-electron chi connectivity index (χ1n) is 9.77. The number of rotatable bonds is 5. The van der Waals surface area contributed by atoms with Gasteiger partial charge in [-0.1, -0.05) is 47.7 Å². The van der Waals surface area contributed by atoms with Crippen molar-refractivity contribution in [1.82, 2.24) is 4.98 Å². The molecule has 162 valence electrons. The summed E-state index contributed by atoms with van der Waals surface area (Å²) in [4.78, 5) is 14.9. The minimum atomic E-state index is -3.92. The largest absolute Gasteiger partial charge is 0.480 e. The van der Waals surface area contributed by atoms with Crippen LogP contribution in [0.15, 0.2) is 69.9 Å². The number of thiophene rings is 1. The molecule has 0 saturated heterocycles. The summed E-state index contributed by atoms with van der Waals surface area (Å²) >= 11 is 1.07. The summed E-state index contributed by atoms with van der Waals surface area (Å²) in [6.07, 6.45) is -0.112. The Morgan fingerprint density at radius 3 is 2.53 bits per heavy atom. The van der Waals surface area contributed by atoms with Crippen LogP contribution >= 0.6 is 11.3 Å². The lowest BCUT2D eigenvalue weighted by atomic mass is 10.1. The van der Waals surface area contributed by atoms with E-state index in [-0.39, 0.29) is 15.7 Å². The Morgan fingerprint density at radius 2 is 1.81 bits per heavy atom. The Kier molecular flexibility index (Phi) is 5.89. The van der Waals surface area contributed by atoms with Gasteiger partial charge in [0, 0.05) is 22.9 Å². The molecule has 6 nitrogen and oxygen atoms in total. The summed E-state index contributed by atoms with van der Waals surface area (Å²) < 4.78 is 27.0. The van der Waals surface area contributed by atoms with Crippen molar-refractivity contribution < 1.29 is 18.3 Å². The number of hydrogen-bond donors (Lipinski definition) is 3. The van der Waals surface area contributed by atoms with E-state index in [2.05, 4.69) is 16.8 Å². The van der Waals surface area contributed by atoms with Crippen LogP contribution in [0.5, 0.6) is 0 Å². The number of aromatic nitrogens is 1. The number of aliphatic carboxylic acids is 1. The van der Waals surface area contributed by atoms with Crippen LogP contribution in [-0.4, -0.2) is 30.5 Å². The molecule has 2 heterocycles.